The molecule has 0 aromatic carbocycles. The molecule has 4 saturated carbocycles. The largest absolute Gasteiger partial charge is 0.469 e. The Morgan fingerprint density at radius 1 is 1.00 bits per heavy atom. The number of ether oxygens (including phenoxy) is 1. The lowest BCUT2D eigenvalue weighted by Crippen LogP contribution is -2.59. The van der Waals surface area contributed by atoms with E-state index < -0.39 is 0 Å². The van der Waals surface area contributed by atoms with E-state index in [-0.39, 0.29) is 5.97 Å². The van der Waals surface area contributed by atoms with Crippen LogP contribution in [0.3, 0.4) is 0 Å². The maximum absolute atomic E-state index is 13.9. The fraction of sp³-hybridized carbons (Fsp3) is 0.923. The second-order valence-electron chi connectivity index (χ2n) is 11.3. The molecular weight excluding hydrogens is 360 g/mol. The zero-order valence-corrected chi connectivity index (χ0v) is 19.2. The molecule has 0 radical (unpaired) electrons. The van der Waals surface area contributed by atoms with Gasteiger partial charge in [0, 0.05) is 18.3 Å². The van der Waals surface area contributed by atoms with Crippen LogP contribution in [0.25, 0.3) is 0 Å². The van der Waals surface area contributed by atoms with Crippen LogP contribution < -0.4 is 0 Å². The van der Waals surface area contributed by atoms with Crippen molar-refractivity contribution in [2.24, 2.45) is 46.3 Å². The molecule has 29 heavy (non-hydrogen) atoms. The van der Waals surface area contributed by atoms with Crippen molar-refractivity contribution in [2.75, 3.05) is 7.11 Å². The van der Waals surface area contributed by atoms with E-state index in [0.717, 1.165) is 19.3 Å². The van der Waals surface area contributed by atoms with Crippen molar-refractivity contribution >= 4 is 11.8 Å². The summed E-state index contributed by atoms with van der Waals surface area (Å²) in [5, 5.41) is 0. The Bertz CT molecular complexity index is 642. The maximum atomic E-state index is 13.9. The smallest absolute Gasteiger partial charge is 0.305 e. The highest BCUT2D eigenvalue weighted by atomic mass is 16.5. The number of hydrogen-bond donors (Lipinski definition) is 0. The quantitative estimate of drug-likeness (QED) is 0.515. The number of hydrogen-bond acceptors (Lipinski definition) is 3. The van der Waals surface area contributed by atoms with Gasteiger partial charge in [0.25, 0.3) is 0 Å². The van der Waals surface area contributed by atoms with E-state index in [9.17, 15) is 9.59 Å². The number of fused-ring (bicyclic) bond motifs is 5. The standard InChI is InChI=1S/C26H42O3/c1-5-18-19-10-6-7-15-26(19,3)21-14-16-25(2)17(9-8-11-22(27)29-4)12-13-20(25)23(21)24(18)28/h17-21,23H,5-16H2,1-4H3/t17-,18+,19-,20?,21?,23?,25+,26?/m0/s1. The minimum atomic E-state index is -0.0853. The number of Topliss-reactive ketones (excluding diaryl/α,β-unsaturated/α-hetero) is 1. The van der Waals surface area contributed by atoms with Crippen LogP contribution in [-0.4, -0.2) is 18.9 Å². The summed E-state index contributed by atoms with van der Waals surface area (Å²) in [4.78, 5) is 25.4. The highest BCUT2D eigenvalue weighted by Crippen LogP contribution is 2.68. The third-order valence-electron chi connectivity index (χ3n) is 10.4. The molecule has 4 fully saturated rings. The van der Waals surface area contributed by atoms with Crippen molar-refractivity contribution in [1.29, 1.82) is 0 Å². The Hall–Kier alpha value is -0.860. The minimum Gasteiger partial charge on any atom is -0.469 e. The van der Waals surface area contributed by atoms with E-state index in [2.05, 4.69) is 20.8 Å². The predicted octanol–water partition coefficient (Wildman–Crippen LogP) is 6.19. The van der Waals surface area contributed by atoms with Crippen LogP contribution in [0.15, 0.2) is 0 Å². The van der Waals surface area contributed by atoms with Gasteiger partial charge in [0.15, 0.2) is 0 Å². The first-order valence-corrected chi connectivity index (χ1v) is 12.5. The second kappa shape index (κ2) is 8.00. The first-order chi connectivity index (χ1) is 13.9. The molecular formula is C26H42O3. The van der Waals surface area contributed by atoms with E-state index in [1.165, 1.54) is 58.5 Å². The minimum absolute atomic E-state index is 0.0853. The van der Waals surface area contributed by atoms with Gasteiger partial charge in [0.1, 0.15) is 5.78 Å². The Kier molecular flexibility index (Phi) is 5.90. The average Bonchev–Trinajstić information content (AvgIpc) is 3.05. The van der Waals surface area contributed by atoms with Crippen molar-refractivity contribution in [3.05, 3.63) is 0 Å². The Balaban J connectivity index is 1.56. The molecule has 4 aliphatic rings. The first kappa shape index (κ1) is 21.4. The summed E-state index contributed by atoms with van der Waals surface area (Å²) < 4.78 is 4.83. The van der Waals surface area contributed by atoms with E-state index in [1.807, 2.05) is 0 Å². The number of rotatable bonds is 5. The predicted molar refractivity (Wildman–Crippen MR) is 115 cm³/mol. The molecule has 4 unspecified atom stereocenters. The summed E-state index contributed by atoms with van der Waals surface area (Å²) in [5.74, 6) is 3.68. The molecule has 3 nitrogen and oxygen atoms in total. The molecule has 0 aromatic heterocycles. The lowest BCUT2D eigenvalue weighted by molar-refractivity contribution is -0.167. The highest BCUT2D eigenvalue weighted by molar-refractivity contribution is 5.86. The zero-order chi connectivity index (χ0) is 20.8. The molecule has 4 aliphatic carbocycles. The molecule has 0 bridgehead atoms. The number of ketones is 1. The zero-order valence-electron chi connectivity index (χ0n) is 19.2. The summed E-state index contributed by atoms with van der Waals surface area (Å²) >= 11 is 0. The SMILES string of the molecule is CC[C@H]1C(=O)C2C(CC[C@@]3(C)C2CC[C@@H]3CCCC(=O)OC)C2(C)CCCC[C@@H]12. The van der Waals surface area contributed by atoms with Gasteiger partial charge in [-0.15, -0.1) is 0 Å². The van der Waals surface area contributed by atoms with Crippen LogP contribution in [0.1, 0.15) is 97.8 Å². The van der Waals surface area contributed by atoms with Crippen LogP contribution in [0.2, 0.25) is 0 Å². The molecule has 0 amide bonds. The number of methoxy groups -OCH3 is 1. The van der Waals surface area contributed by atoms with Crippen LogP contribution in [0.5, 0.6) is 0 Å². The summed E-state index contributed by atoms with van der Waals surface area (Å²) in [6.07, 6.45) is 13.9. The number of carbonyl (C=O) groups excluding carboxylic acids is 2. The monoisotopic (exact) mass is 402 g/mol. The average molecular weight is 403 g/mol. The summed E-state index contributed by atoms with van der Waals surface area (Å²) in [6.45, 7) is 7.31. The molecule has 0 aromatic rings. The van der Waals surface area contributed by atoms with Gasteiger partial charge in [-0.05, 0) is 92.3 Å². The number of carbonyl (C=O) groups is 2. The van der Waals surface area contributed by atoms with Crippen LogP contribution in [0.4, 0.5) is 0 Å². The van der Waals surface area contributed by atoms with Gasteiger partial charge < -0.3 is 4.74 Å². The van der Waals surface area contributed by atoms with Crippen LogP contribution in [-0.2, 0) is 14.3 Å². The topological polar surface area (TPSA) is 43.4 Å². The van der Waals surface area contributed by atoms with E-state index in [0.29, 0.717) is 58.5 Å². The van der Waals surface area contributed by atoms with Gasteiger partial charge in [-0.25, -0.2) is 0 Å². The fourth-order valence-corrected chi connectivity index (χ4v) is 8.89. The van der Waals surface area contributed by atoms with Gasteiger partial charge in [-0.3, -0.25) is 9.59 Å². The van der Waals surface area contributed by atoms with Crippen molar-refractivity contribution in [3.63, 3.8) is 0 Å². The maximum Gasteiger partial charge on any atom is 0.305 e. The van der Waals surface area contributed by atoms with Crippen molar-refractivity contribution < 1.29 is 14.3 Å². The lowest BCUT2D eigenvalue weighted by atomic mass is 9.42. The van der Waals surface area contributed by atoms with E-state index >= 15 is 0 Å². The third kappa shape index (κ3) is 3.30. The Morgan fingerprint density at radius 2 is 1.76 bits per heavy atom. The second-order valence-corrected chi connectivity index (χ2v) is 11.3. The Labute approximate surface area is 177 Å². The van der Waals surface area contributed by atoms with Crippen molar-refractivity contribution in [3.8, 4) is 0 Å². The first-order valence-electron chi connectivity index (χ1n) is 12.5. The molecule has 0 aliphatic heterocycles. The lowest BCUT2D eigenvalue weighted by Gasteiger charge is -2.61. The normalized spacial score (nSPS) is 46.6. The summed E-state index contributed by atoms with van der Waals surface area (Å²) in [6, 6.07) is 0. The highest BCUT2D eigenvalue weighted by Gasteiger charge is 2.63. The summed E-state index contributed by atoms with van der Waals surface area (Å²) in [7, 11) is 1.48. The number of esters is 1. The van der Waals surface area contributed by atoms with E-state index in [4.69, 9.17) is 4.74 Å². The molecule has 3 heteroatoms. The van der Waals surface area contributed by atoms with Crippen molar-refractivity contribution in [2.45, 2.75) is 97.8 Å². The van der Waals surface area contributed by atoms with Gasteiger partial charge >= 0.3 is 5.97 Å². The fourth-order valence-electron chi connectivity index (χ4n) is 8.89. The van der Waals surface area contributed by atoms with Gasteiger partial charge in [-0.1, -0.05) is 33.6 Å². The van der Waals surface area contributed by atoms with Crippen LogP contribution >= 0.6 is 0 Å². The van der Waals surface area contributed by atoms with Gasteiger partial charge in [0.05, 0.1) is 7.11 Å². The molecule has 164 valence electrons. The third-order valence-corrected chi connectivity index (χ3v) is 10.4. The van der Waals surface area contributed by atoms with Crippen molar-refractivity contribution in [1.82, 2.24) is 0 Å². The van der Waals surface area contributed by atoms with E-state index in [1.54, 1.807) is 0 Å². The molecule has 0 spiro atoms. The van der Waals surface area contributed by atoms with Gasteiger partial charge in [-0.2, -0.15) is 0 Å². The summed E-state index contributed by atoms with van der Waals surface area (Å²) in [5.41, 5.74) is 0.685. The van der Waals surface area contributed by atoms with Gasteiger partial charge in [0.2, 0.25) is 0 Å². The Morgan fingerprint density at radius 3 is 2.48 bits per heavy atom. The molecule has 4 rings (SSSR count). The molecule has 0 heterocycles. The molecule has 0 N–H and O–H groups in total. The molecule has 8 atom stereocenters. The van der Waals surface area contributed by atoms with Crippen LogP contribution in [0, 0.1) is 46.3 Å². The molecule has 0 saturated heterocycles.